The first-order valence-corrected chi connectivity index (χ1v) is 10.2. The predicted molar refractivity (Wildman–Crippen MR) is 99.9 cm³/mol. The van der Waals surface area contributed by atoms with Gasteiger partial charge in [0.25, 0.3) is 5.91 Å². The summed E-state index contributed by atoms with van der Waals surface area (Å²) in [6.45, 7) is 2.00. The number of aromatic nitrogens is 2. The Labute approximate surface area is 156 Å². The third kappa shape index (κ3) is 4.77. The molecule has 1 N–H and O–H groups in total. The maximum atomic E-state index is 12.0. The van der Waals surface area contributed by atoms with Crippen LogP contribution in [-0.4, -0.2) is 33.7 Å². The van der Waals surface area contributed by atoms with Crippen molar-refractivity contribution in [3.8, 4) is 0 Å². The first kappa shape index (κ1) is 17.8. The Balaban J connectivity index is 1.46. The van der Waals surface area contributed by atoms with Crippen LogP contribution in [0.1, 0.15) is 11.8 Å². The molecule has 25 heavy (non-hydrogen) atoms. The molecule has 0 aliphatic rings. The van der Waals surface area contributed by atoms with Gasteiger partial charge in [-0.05, 0) is 29.8 Å². The lowest BCUT2D eigenvalue weighted by molar-refractivity contribution is -0.152. The molecule has 3 aromatic heterocycles. The number of thiophene rings is 2. The van der Waals surface area contributed by atoms with Crippen molar-refractivity contribution in [3.05, 3.63) is 40.2 Å². The van der Waals surface area contributed by atoms with Crippen LogP contribution in [-0.2, 0) is 20.9 Å². The molecule has 0 aliphatic carbocycles. The minimum atomic E-state index is -0.834. The van der Waals surface area contributed by atoms with Crippen LogP contribution in [0.25, 0.3) is 10.2 Å². The molecule has 0 saturated carbocycles. The first-order valence-electron chi connectivity index (χ1n) is 7.44. The van der Waals surface area contributed by atoms with E-state index in [-0.39, 0.29) is 11.7 Å². The number of hydrogen-bond acceptors (Lipinski definition) is 8. The molecule has 0 saturated heterocycles. The SMILES string of the molecule is C[C@@H](OC(=O)CSc1ncnc2sccc12)C(=O)NCc1cccs1. The number of fused-ring (bicyclic) bond motifs is 1. The molecule has 6 nitrogen and oxygen atoms in total. The molecular weight excluding hydrogens is 378 g/mol. The molecule has 9 heteroatoms. The van der Waals surface area contributed by atoms with Gasteiger partial charge < -0.3 is 10.1 Å². The second kappa shape index (κ2) is 8.41. The summed E-state index contributed by atoms with van der Waals surface area (Å²) in [6, 6.07) is 5.78. The molecule has 3 heterocycles. The molecule has 130 valence electrons. The van der Waals surface area contributed by atoms with Gasteiger partial charge in [0.05, 0.1) is 12.3 Å². The first-order chi connectivity index (χ1) is 12.1. The highest BCUT2D eigenvalue weighted by molar-refractivity contribution is 8.00. The van der Waals surface area contributed by atoms with Crippen molar-refractivity contribution in [1.82, 2.24) is 15.3 Å². The second-order valence-corrected chi connectivity index (χ2v) is 7.93. The Bertz CT molecular complexity index is 864. The number of esters is 1. The van der Waals surface area contributed by atoms with E-state index in [1.54, 1.807) is 18.3 Å². The van der Waals surface area contributed by atoms with E-state index >= 15 is 0 Å². The Kier molecular flexibility index (Phi) is 6.00. The van der Waals surface area contributed by atoms with Crippen LogP contribution in [0.5, 0.6) is 0 Å². The summed E-state index contributed by atoms with van der Waals surface area (Å²) >= 11 is 4.36. The Morgan fingerprint density at radius 1 is 1.28 bits per heavy atom. The summed E-state index contributed by atoms with van der Waals surface area (Å²) in [5.41, 5.74) is 0. The van der Waals surface area contributed by atoms with Gasteiger partial charge in [-0.25, -0.2) is 9.97 Å². The standard InChI is InChI=1S/C16H15N3O3S3/c1-10(14(21)17-7-11-3-2-5-23-11)22-13(20)8-25-16-12-4-6-24-15(12)18-9-19-16/h2-6,9-10H,7-8H2,1H3,(H,17,21)/t10-/m1/s1. The lowest BCUT2D eigenvalue weighted by Gasteiger charge is -2.13. The normalized spacial score (nSPS) is 12.0. The number of rotatable bonds is 7. The summed E-state index contributed by atoms with van der Waals surface area (Å²) in [5, 5.41) is 8.29. The molecule has 0 aliphatic heterocycles. The van der Waals surface area contributed by atoms with Crippen molar-refractivity contribution in [2.45, 2.75) is 24.6 Å². The smallest absolute Gasteiger partial charge is 0.317 e. The third-order valence-corrected chi connectivity index (χ3v) is 5.92. The second-order valence-electron chi connectivity index (χ2n) is 5.04. The van der Waals surface area contributed by atoms with Gasteiger partial charge in [-0.3, -0.25) is 9.59 Å². The number of carbonyl (C=O) groups excluding carboxylic acids is 2. The van der Waals surface area contributed by atoms with Crippen molar-refractivity contribution in [1.29, 1.82) is 0 Å². The van der Waals surface area contributed by atoms with E-state index in [4.69, 9.17) is 4.74 Å². The highest BCUT2D eigenvalue weighted by atomic mass is 32.2. The van der Waals surface area contributed by atoms with Crippen molar-refractivity contribution in [2.24, 2.45) is 0 Å². The number of ether oxygens (including phenoxy) is 1. The van der Waals surface area contributed by atoms with Gasteiger partial charge in [0, 0.05) is 10.3 Å². The fraction of sp³-hybridized carbons (Fsp3) is 0.250. The quantitative estimate of drug-likeness (QED) is 0.377. The molecule has 0 unspecified atom stereocenters. The number of nitrogens with zero attached hydrogens (tertiary/aromatic N) is 2. The molecule has 0 radical (unpaired) electrons. The lowest BCUT2D eigenvalue weighted by Crippen LogP contribution is -2.35. The Morgan fingerprint density at radius 3 is 2.96 bits per heavy atom. The molecular formula is C16H15N3O3S3. The Hall–Kier alpha value is -1.97. The highest BCUT2D eigenvalue weighted by Crippen LogP contribution is 2.27. The molecule has 0 aromatic carbocycles. The number of amides is 1. The summed E-state index contributed by atoms with van der Waals surface area (Å²) in [4.78, 5) is 34.2. The van der Waals surface area contributed by atoms with Crippen LogP contribution in [0.3, 0.4) is 0 Å². The molecule has 0 spiro atoms. The molecule has 1 amide bonds. The topological polar surface area (TPSA) is 81.2 Å². The van der Waals surface area contributed by atoms with E-state index in [0.717, 1.165) is 20.1 Å². The minimum absolute atomic E-state index is 0.0878. The maximum Gasteiger partial charge on any atom is 0.317 e. The van der Waals surface area contributed by atoms with E-state index in [1.807, 2.05) is 29.0 Å². The van der Waals surface area contributed by atoms with Crippen molar-refractivity contribution in [2.75, 3.05) is 5.75 Å². The van der Waals surface area contributed by atoms with Gasteiger partial charge in [0.2, 0.25) is 0 Å². The largest absolute Gasteiger partial charge is 0.452 e. The van der Waals surface area contributed by atoms with Crippen LogP contribution in [0, 0.1) is 0 Å². The summed E-state index contributed by atoms with van der Waals surface area (Å²) in [5.74, 6) is -0.676. The highest BCUT2D eigenvalue weighted by Gasteiger charge is 2.18. The van der Waals surface area contributed by atoms with Crippen LogP contribution >= 0.6 is 34.4 Å². The van der Waals surface area contributed by atoms with Crippen LogP contribution in [0.15, 0.2) is 40.3 Å². The summed E-state index contributed by atoms with van der Waals surface area (Å²) in [6.07, 6.45) is 0.646. The monoisotopic (exact) mass is 393 g/mol. The zero-order valence-corrected chi connectivity index (χ0v) is 15.7. The number of carbonyl (C=O) groups is 2. The fourth-order valence-electron chi connectivity index (χ4n) is 2.03. The van der Waals surface area contributed by atoms with Crippen molar-refractivity contribution in [3.63, 3.8) is 0 Å². The average molecular weight is 394 g/mol. The zero-order chi connectivity index (χ0) is 17.6. The summed E-state index contributed by atoms with van der Waals surface area (Å²) in [7, 11) is 0. The molecule has 0 fully saturated rings. The van der Waals surface area contributed by atoms with Crippen LogP contribution < -0.4 is 5.32 Å². The number of thioether (sulfide) groups is 1. The molecule has 3 rings (SSSR count). The van der Waals surface area contributed by atoms with Gasteiger partial charge >= 0.3 is 5.97 Å². The third-order valence-electron chi connectivity index (χ3n) is 3.25. The maximum absolute atomic E-state index is 12.0. The van der Waals surface area contributed by atoms with Crippen molar-refractivity contribution < 1.29 is 14.3 Å². The van der Waals surface area contributed by atoms with Crippen molar-refractivity contribution >= 4 is 56.5 Å². The molecule has 3 aromatic rings. The van der Waals surface area contributed by atoms with E-state index in [2.05, 4.69) is 15.3 Å². The van der Waals surface area contributed by atoms with E-state index < -0.39 is 12.1 Å². The summed E-state index contributed by atoms with van der Waals surface area (Å²) < 4.78 is 5.19. The van der Waals surface area contributed by atoms with Gasteiger partial charge in [0.1, 0.15) is 16.2 Å². The van der Waals surface area contributed by atoms with Gasteiger partial charge in [-0.1, -0.05) is 17.8 Å². The molecule has 1 atom stereocenters. The van der Waals surface area contributed by atoms with E-state index in [9.17, 15) is 9.59 Å². The van der Waals surface area contributed by atoms with Gasteiger partial charge in [0.15, 0.2) is 6.10 Å². The predicted octanol–water partition coefficient (Wildman–Crippen LogP) is 3.09. The van der Waals surface area contributed by atoms with Gasteiger partial charge in [-0.15, -0.1) is 22.7 Å². The minimum Gasteiger partial charge on any atom is -0.452 e. The van der Waals surface area contributed by atoms with Gasteiger partial charge in [-0.2, -0.15) is 0 Å². The fourth-order valence-corrected chi connectivity index (χ4v) is 4.23. The molecule has 0 bridgehead atoms. The zero-order valence-electron chi connectivity index (χ0n) is 13.3. The number of hydrogen-bond donors (Lipinski definition) is 1. The number of nitrogens with one attached hydrogen (secondary N) is 1. The lowest BCUT2D eigenvalue weighted by atomic mass is 10.3. The van der Waals surface area contributed by atoms with E-state index in [0.29, 0.717) is 6.54 Å². The van der Waals surface area contributed by atoms with Crippen LogP contribution in [0.4, 0.5) is 0 Å². The Morgan fingerprint density at radius 2 is 2.16 bits per heavy atom. The van der Waals surface area contributed by atoms with Crippen LogP contribution in [0.2, 0.25) is 0 Å². The van der Waals surface area contributed by atoms with E-state index in [1.165, 1.54) is 29.4 Å². The average Bonchev–Trinajstić information content (AvgIpc) is 3.29.